The van der Waals surface area contributed by atoms with Crippen molar-refractivity contribution in [1.29, 1.82) is 5.26 Å². The third kappa shape index (κ3) is 2.47. The lowest BCUT2D eigenvalue weighted by molar-refractivity contribution is 0.363. The molecular weight excluding hydrogens is 276 g/mol. The molecule has 17 heavy (non-hydrogen) atoms. The van der Waals surface area contributed by atoms with Gasteiger partial charge >= 0.3 is 0 Å². The molecule has 1 heterocycles. The van der Waals surface area contributed by atoms with E-state index in [1.807, 2.05) is 6.07 Å². The van der Waals surface area contributed by atoms with Gasteiger partial charge in [-0.25, -0.2) is 0 Å². The van der Waals surface area contributed by atoms with E-state index in [1.54, 1.807) is 0 Å². The normalized spacial score (nSPS) is 24.5. The van der Waals surface area contributed by atoms with Gasteiger partial charge in [0.2, 0.25) is 0 Å². The molecule has 2 nitrogen and oxygen atoms in total. The van der Waals surface area contributed by atoms with Gasteiger partial charge in [0.05, 0.1) is 5.56 Å². The SMILES string of the molecule is CC1CCCN(c2ccc(C#N)c(Br)c2)C1C. The van der Waals surface area contributed by atoms with Gasteiger partial charge in [-0.3, -0.25) is 0 Å². The third-order valence-corrected chi connectivity index (χ3v) is 4.43. The quantitative estimate of drug-likeness (QED) is 0.784. The molecule has 1 aromatic carbocycles. The Morgan fingerprint density at radius 3 is 2.82 bits per heavy atom. The monoisotopic (exact) mass is 292 g/mol. The summed E-state index contributed by atoms with van der Waals surface area (Å²) in [7, 11) is 0. The molecule has 1 fully saturated rings. The molecular formula is C14H17BrN2. The molecule has 2 rings (SSSR count). The molecule has 1 saturated heterocycles. The van der Waals surface area contributed by atoms with Crippen molar-refractivity contribution in [3.05, 3.63) is 28.2 Å². The first kappa shape index (κ1) is 12.4. The average molecular weight is 293 g/mol. The summed E-state index contributed by atoms with van der Waals surface area (Å²) in [4.78, 5) is 2.44. The fourth-order valence-corrected chi connectivity index (χ4v) is 2.93. The Hall–Kier alpha value is -1.01. The molecule has 1 aliphatic heterocycles. The minimum absolute atomic E-state index is 0.573. The predicted molar refractivity (Wildman–Crippen MR) is 74.1 cm³/mol. The lowest BCUT2D eigenvalue weighted by atomic mass is 9.91. The maximum absolute atomic E-state index is 8.92. The van der Waals surface area contributed by atoms with E-state index >= 15 is 0 Å². The molecule has 2 atom stereocenters. The number of anilines is 1. The van der Waals surface area contributed by atoms with Crippen LogP contribution in [-0.4, -0.2) is 12.6 Å². The summed E-state index contributed by atoms with van der Waals surface area (Å²) in [5.74, 6) is 0.734. The fraction of sp³-hybridized carbons (Fsp3) is 0.500. The summed E-state index contributed by atoms with van der Waals surface area (Å²) in [5, 5.41) is 8.92. The highest BCUT2D eigenvalue weighted by molar-refractivity contribution is 9.10. The lowest BCUT2D eigenvalue weighted by Crippen LogP contribution is -2.42. The summed E-state index contributed by atoms with van der Waals surface area (Å²) in [6, 6.07) is 8.76. The van der Waals surface area contributed by atoms with Crippen LogP contribution in [-0.2, 0) is 0 Å². The van der Waals surface area contributed by atoms with Crippen molar-refractivity contribution in [3.63, 3.8) is 0 Å². The highest BCUT2D eigenvalue weighted by atomic mass is 79.9. The Morgan fingerprint density at radius 2 is 2.18 bits per heavy atom. The van der Waals surface area contributed by atoms with Gasteiger partial charge in [0.25, 0.3) is 0 Å². The standard InChI is InChI=1S/C14H17BrN2/c1-10-4-3-7-17(11(10)2)13-6-5-12(9-16)14(15)8-13/h5-6,8,10-11H,3-4,7H2,1-2H3. The first-order valence-electron chi connectivity index (χ1n) is 6.09. The van der Waals surface area contributed by atoms with Crippen LogP contribution in [0, 0.1) is 17.2 Å². The van der Waals surface area contributed by atoms with Crippen molar-refractivity contribution in [2.24, 2.45) is 5.92 Å². The number of nitrogens with zero attached hydrogens (tertiary/aromatic N) is 2. The van der Waals surface area contributed by atoms with Crippen LogP contribution in [0.1, 0.15) is 32.3 Å². The molecule has 1 aliphatic rings. The van der Waals surface area contributed by atoms with Crippen molar-refractivity contribution in [3.8, 4) is 6.07 Å². The van der Waals surface area contributed by atoms with E-state index in [9.17, 15) is 0 Å². The maximum atomic E-state index is 8.92. The number of hydrogen-bond acceptors (Lipinski definition) is 2. The van der Waals surface area contributed by atoms with Gasteiger partial charge in [0, 0.05) is 22.7 Å². The Morgan fingerprint density at radius 1 is 1.41 bits per heavy atom. The average Bonchev–Trinajstić information content (AvgIpc) is 2.32. The second-order valence-corrected chi connectivity index (χ2v) is 5.68. The van der Waals surface area contributed by atoms with Crippen LogP contribution < -0.4 is 4.90 Å². The molecule has 0 aliphatic carbocycles. The van der Waals surface area contributed by atoms with Crippen molar-refractivity contribution < 1.29 is 0 Å². The number of halogens is 1. The van der Waals surface area contributed by atoms with E-state index in [0.29, 0.717) is 11.6 Å². The Balaban J connectivity index is 2.28. The highest BCUT2D eigenvalue weighted by Gasteiger charge is 2.24. The summed E-state index contributed by atoms with van der Waals surface area (Å²) in [6.45, 7) is 5.72. The van der Waals surface area contributed by atoms with Crippen LogP contribution in [0.4, 0.5) is 5.69 Å². The Labute approximate surface area is 111 Å². The molecule has 0 amide bonds. The van der Waals surface area contributed by atoms with E-state index in [-0.39, 0.29) is 0 Å². The number of rotatable bonds is 1. The molecule has 0 spiro atoms. The molecule has 0 aromatic heterocycles. The first-order valence-corrected chi connectivity index (χ1v) is 6.89. The van der Waals surface area contributed by atoms with E-state index in [0.717, 1.165) is 16.9 Å². The minimum Gasteiger partial charge on any atom is -0.369 e. The van der Waals surface area contributed by atoms with Crippen LogP contribution in [0.25, 0.3) is 0 Å². The third-order valence-electron chi connectivity index (χ3n) is 3.78. The van der Waals surface area contributed by atoms with Crippen LogP contribution >= 0.6 is 15.9 Å². The van der Waals surface area contributed by atoms with E-state index in [4.69, 9.17) is 5.26 Å². The van der Waals surface area contributed by atoms with Gasteiger partial charge in [-0.2, -0.15) is 5.26 Å². The molecule has 0 bridgehead atoms. The molecule has 0 saturated carbocycles. The molecule has 0 radical (unpaired) electrons. The van der Waals surface area contributed by atoms with Crippen LogP contribution in [0.5, 0.6) is 0 Å². The van der Waals surface area contributed by atoms with Gasteiger partial charge in [-0.1, -0.05) is 6.92 Å². The zero-order chi connectivity index (χ0) is 12.4. The summed E-state index contributed by atoms with van der Waals surface area (Å²) in [5.41, 5.74) is 1.92. The number of nitriles is 1. The summed E-state index contributed by atoms with van der Waals surface area (Å²) in [6.07, 6.45) is 2.57. The summed E-state index contributed by atoms with van der Waals surface area (Å²) < 4.78 is 0.892. The molecule has 90 valence electrons. The zero-order valence-corrected chi connectivity index (χ0v) is 11.9. The maximum Gasteiger partial charge on any atom is 0.100 e. The fourth-order valence-electron chi connectivity index (χ4n) is 2.47. The van der Waals surface area contributed by atoms with E-state index in [2.05, 4.69) is 52.9 Å². The predicted octanol–water partition coefficient (Wildman–Crippen LogP) is 3.95. The molecule has 3 heteroatoms. The van der Waals surface area contributed by atoms with Crippen molar-refractivity contribution >= 4 is 21.6 Å². The number of piperidine rings is 1. The van der Waals surface area contributed by atoms with Gasteiger partial charge in [0.1, 0.15) is 6.07 Å². The Bertz CT molecular complexity index is 450. The number of hydrogen-bond donors (Lipinski definition) is 0. The Kier molecular flexibility index (Phi) is 3.73. The second kappa shape index (κ2) is 5.10. The molecule has 1 aromatic rings. The molecule has 0 N–H and O–H groups in total. The zero-order valence-electron chi connectivity index (χ0n) is 10.3. The van der Waals surface area contributed by atoms with Crippen LogP contribution in [0.3, 0.4) is 0 Å². The topological polar surface area (TPSA) is 27.0 Å². The minimum atomic E-state index is 0.573. The second-order valence-electron chi connectivity index (χ2n) is 4.83. The lowest BCUT2D eigenvalue weighted by Gasteiger charge is -2.39. The van der Waals surface area contributed by atoms with Gasteiger partial charge in [0.15, 0.2) is 0 Å². The van der Waals surface area contributed by atoms with Gasteiger partial charge in [-0.05, 0) is 59.8 Å². The smallest absolute Gasteiger partial charge is 0.100 e. The van der Waals surface area contributed by atoms with Crippen molar-refractivity contribution in [2.75, 3.05) is 11.4 Å². The van der Waals surface area contributed by atoms with Crippen LogP contribution in [0.15, 0.2) is 22.7 Å². The van der Waals surface area contributed by atoms with E-state index in [1.165, 1.54) is 18.5 Å². The summed E-state index contributed by atoms with van der Waals surface area (Å²) >= 11 is 3.46. The van der Waals surface area contributed by atoms with Crippen molar-refractivity contribution in [1.82, 2.24) is 0 Å². The first-order chi connectivity index (χ1) is 8.13. The van der Waals surface area contributed by atoms with E-state index < -0.39 is 0 Å². The largest absolute Gasteiger partial charge is 0.369 e. The van der Waals surface area contributed by atoms with Crippen molar-refractivity contribution in [2.45, 2.75) is 32.7 Å². The van der Waals surface area contributed by atoms with Gasteiger partial charge in [-0.15, -0.1) is 0 Å². The number of benzene rings is 1. The van der Waals surface area contributed by atoms with Crippen LogP contribution in [0.2, 0.25) is 0 Å². The highest BCUT2D eigenvalue weighted by Crippen LogP contribution is 2.31. The van der Waals surface area contributed by atoms with Gasteiger partial charge < -0.3 is 4.90 Å². The molecule has 2 unspecified atom stereocenters.